The lowest BCUT2D eigenvalue weighted by Gasteiger charge is -2.24. The number of ether oxygens (including phenoxy) is 1. The lowest BCUT2D eigenvalue weighted by molar-refractivity contribution is -0.908. The number of aromatic nitrogens is 6. The standard InChI is InChI=1S/C20H23N7O/c1-14-15(2)26(7-6-25-8-10-28-11-9-25)19-17(14)20-23-18(24-27(20)13-22-19)16-4-3-5-21-12-16/h3-5,12-13H,6-11H2,1-2H3/p+1. The predicted octanol–water partition coefficient (Wildman–Crippen LogP) is 0.673. The van der Waals surface area contributed by atoms with Crippen LogP contribution in [0.25, 0.3) is 28.1 Å². The molecular formula is C20H24N7O+. The summed E-state index contributed by atoms with van der Waals surface area (Å²) in [7, 11) is 0. The highest BCUT2D eigenvalue weighted by Crippen LogP contribution is 2.27. The van der Waals surface area contributed by atoms with Crippen LogP contribution in [-0.2, 0) is 11.3 Å². The first kappa shape index (κ1) is 17.3. The Morgan fingerprint density at radius 2 is 2.04 bits per heavy atom. The van der Waals surface area contributed by atoms with Crippen LogP contribution in [0.1, 0.15) is 11.3 Å². The van der Waals surface area contributed by atoms with Gasteiger partial charge in [0, 0.05) is 23.7 Å². The number of morpholine rings is 1. The maximum absolute atomic E-state index is 5.47. The fourth-order valence-electron chi connectivity index (χ4n) is 4.00. The molecule has 144 valence electrons. The second-order valence-electron chi connectivity index (χ2n) is 7.36. The molecule has 4 aromatic rings. The average Bonchev–Trinajstić information content (AvgIpc) is 3.28. The molecule has 1 saturated heterocycles. The summed E-state index contributed by atoms with van der Waals surface area (Å²) in [5.74, 6) is 0.671. The second kappa shape index (κ2) is 6.96. The molecule has 0 radical (unpaired) electrons. The van der Waals surface area contributed by atoms with Crippen LogP contribution in [0.15, 0.2) is 30.9 Å². The van der Waals surface area contributed by atoms with Gasteiger partial charge in [0.2, 0.25) is 0 Å². The van der Waals surface area contributed by atoms with E-state index >= 15 is 0 Å². The van der Waals surface area contributed by atoms with Gasteiger partial charge in [0.25, 0.3) is 0 Å². The van der Waals surface area contributed by atoms with Crippen molar-refractivity contribution < 1.29 is 9.64 Å². The van der Waals surface area contributed by atoms with Crippen LogP contribution in [0.3, 0.4) is 0 Å². The second-order valence-corrected chi connectivity index (χ2v) is 7.36. The van der Waals surface area contributed by atoms with Crippen LogP contribution in [0.4, 0.5) is 0 Å². The first-order valence-corrected chi connectivity index (χ1v) is 9.75. The minimum atomic E-state index is 0.671. The van der Waals surface area contributed by atoms with E-state index in [1.807, 2.05) is 12.1 Å². The van der Waals surface area contributed by atoms with E-state index in [9.17, 15) is 0 Å². The fraction of sp³-hybridized carbons (Fsp3) is 0.400. The SMILES string of the molecule is Cc1c(C)n(CC[NH+]2CCOCC2)c2ncn3nc(-c4cccnc4)nc3c12. The fourth-order valence-corrected chi connectivity index (χ4v) is 4.00. The highest BCUT2D eigenvalue weighted by atomic mass is 16.5. The van der Waals surface area contributed by atoms with Gasteiger partial charge in [0.1, 0.15) is 25.1 Å². The van der Waals surface area contributed by atoms with E-state index in [1.165, 1.54) is 11.3 Å². The highest BCUT2D eigenvalue weighted by Gasteiger charge is 2.20. The van der Waals surface area contributed by atoms with Crippen LogP contribution in [0.2, 0.25) is 0 Å². The molecule has 8 nitrogen and oxygen atoms in total. The molecule has 1 aliphatic heterocycles. The molecule has 8 heteroatoms. The highest BCUT2D eigenvalue weighted by molar-refractivity contribution is 5.94. The van der Waals surface area contributed by atoms with E-state index in [0.29, 0.717) is 5.82 Å². The summed E-state index contributed by atoms with van der Waals surface area (Å²) in [4.78, 5) is 15.3. The average molecular weight is 378 g/mol. The van der Waals surface area contributed by atoms with Gasteiger partial charge in [-0.3, -0.25) is 4.98 Å². The molecule has 4 aromatic heterocycles. The van der Waals surface area contributed by atoms with Gasteiger partial charge >= 0.3 is 0 Å². The Labute approximate surface area is 162 Å². The van der Waals surface area contributed by atoms with E-state index in [0.717, 1.165) is 61.6 Å². The molecule has 5 rings (SSSR count). The Hall–Kier alpha value is -2.84. The number of rotatable bonds is 4. The number of aryl methyl sites for hydroxylation is 1. The van der Waals surface area contributed by atoms with Crippen molar-refractivity contribution in [2.45, 2.75) is 20.4 Å². The van der Waals surface area contributed by atoms with Crippen LogP contribution in [0, 0.1) is 13.8 Å². The molecule has 0 spiro atoms. The summed E-state index contributed by atoms with van der Waals surface area (Å²) in [6.07, 6.45) is 5.30. The zero-order valence-electron chi connectivity index (χ0n) is 16.2. The molecule has 0 aliphatic carbocycles. The van der Waals surface area contributed by atoms with Crippen molar-refractivity contribution in [3.63, 3.8) is 0 Å². The van der Waals surface area contributed by atoms with Gasteiger partial charge in [0.15, 0.2) is 11.5 Å². The monoisotopic (exact) mass is 378 g/mol. The third kappa shape index (κ3) is 2.85. The minimum Gasteiger partial charge on any atom is -0.370 e. The molecule has 0 amide bonds. The summed E-state index contributed by atoms with van der Waals surface area (Å²) in [6.45, 7) is 10.2. The van der Waals surface area contributed by atoms with Gasteiger partial charge < -0.3 is 14.2 Å². The van der Waals surface area contributed by atoms with Crippen molar-refractivity contribution in [1.82, 2.24) is 29.1 Å². The largest absolute Gasteiger partial charge is 0.370 e. The number of pyridine rings is 1. The zero-order chi connectivity index (χ0) is 19.1. The van der Waals surface area contributed by atoms with Crippen molar-refractivity contribution in [2.75, 3.05) is 32.8 Å². The number of quaternary nitrogens is 1. The number of hydrogen-bond donors (Lipinski definition) is 1. The third-order valence-corrected chi connectivity index (χ3v) is 5.75. The van der Waals surface area contributed by atoms with E-state index in [1.54, 1.807) is 28.1 Å². The predicted molar refractivity (Wildman–Crippen MR) is 105 cm³/mol. The van der Waals surface area contributed by atoms with Gasteiger partial charge in [-0.1, -0.05) is 0 Å². The van der Waals surface area contributed by atoms with Crippen LogP contribution in [-0.4, -0.2) is 62.0 Å². The van der Waals surface area contributed by atoms with Crippen LogP contribution >= 0.6 is 0 Å². The van der Waals surface area contributed by atoms with Crippen molar-refractivity contribution >= 4 is 16.7 Å². The summed E-state index contributed by atoms with van der Waals surface area (Å²) in [5.41, 5.74) is 5.20. The van der Waals surface area contributed by atoms with Crippen molar-refractivity contribution in [1.29, 1.82) is 0 Å². The van der Waals surface area contributed by atoms with Crippen molar-refractivity contribution in [3.8, 4) is 11.4 Å². The maximum atomic E-state index is 5.47. The molecule has 28 heavy (non-hydrogen) atoms. The summed E-state index contributed by atoms with van der Waals surface area (Å²) < 4.78 is 9.57. The quantitative estimate of drug-likeness (QED) is 0.565. The first-order chi connectivity index (χ1) is 13.7. The van der Waals surface area contributed by atoms with Gasteiger partial charge in [0.05, 0.1) is 31.7 Å². The molecule has 1 fully saturated rings. The summed E-state index contributed by atoms with van der Waals surface area (Å²) in [6, 6.07) is 3.87. The van der Waals surface area contributed by atoms with Crippen molar-refractivity contribution in [3.05, 3.63) is 42.1 Å². The summed E-state index contributed by atoms with van der Waals surface area (Å²) in [5, 5.41) is 5.69. The third-order valence-electron chi connectivity index (χ3n) is 5.75. The van der Waals surface area contributed by atoms with Crippen molar-refractivity contribution in [2.24, 2.45) is 0 Å². The van der Waals surface area contributed by atoms with Gasteiger partial charge in [-0.2, -0.15) is 0 Å². The molecule has 0 aromatic carbocycles. The topological polar surface area (TPSA) is 74.6 Å². The Morgan fingerprint density at radius 1 is 1.18 bits per heavy atom. The number of nitrogens with one attached hydrogen (secondary N) is 1. The molecule has 0 atom stereocenters. The Bertz CT molecular complexity index is 1130. The number of nitrogens with zero attached hydrogens (tertiary/aromatic N) is 6. The lowest BCUT2D eigenvalue weighted by atomic mass is 10.2. The van der Waals surface area contributed by atoms with Gasteiger partial charge in [-0.15, -0.1) is 5.10 Å². The normalized spacial score (nSPS) is 15.6. The lowest BCUT2D eigenvalue weighted by Crippen LogP contribution is -3.14. The number of hydrogen-bond acceptors (Lipinski definition) is 5. The Kier molecular flexibility index (Phi) is 4.29. The first-order valence-electron chi connectivity index (χ1n) is 9.75. The van der Waals surface area contributed by atoms with E-state index < -0.39 is 0 Å². The summed E-state index contributed by atoms with van der Waals surface area (Å²) >= 11 is 0. The molecular weight excluding hydrogens is 354 g/mol. The van der Waals surface area contributed by atoms with E-state index in [4.69, 9.17) is 14.7 Å². The van der Waals surface area contributed by atoms with Gasteiger partial charge in [-0.25, -0.2) is 14.5 Å². The number of fused-ring (bicyclic) bond motifs is 3. The molecule has 0 saturated carbocycles. The maximum Gasteiger partial charge on any atom is 0.183 e. The molecule has 5 heterocycles. The zero-order valence-corrected chi connectivity index (χ0v) is 16.2. The van der Waals surface area contributed by atoms with E-state index in [2.05, 4.69) is 28.5 Å². The molecule has 0 unspecified atom stereocenters. The van der Waals surface area contributed by atoms with Crippen LogP contribution < -0.4 is 4.90 Å². The molecule has 1 N–H and O–H groups in total. The Balaban J connectivity index is 1.56. The van der Waals surface area contributed by atoms with E-state index in [-0.39, 0.29) is 0 Å². The molecule has 1 aliphatic rings. The van der Waals surface area contributed by atoms with Crippen LogP contribution in [0.5, 0.6) is 0 Å². The molecule has 0 bridgehead atoms. The Morgan fingerprint density at radius 3 is 2.82 bits per heavy atom. The smallest absolute Gasteiger partial charge is 0.183 e. The van der Waals surface area contributed by atoms with Gasteiger partial charge in [-0.05, 0) is 31.5 Å². The minimum absolute atomic E-state index is 0.671.